The Kier molecular flexibility index (Phi) is 7.07. The summed E-state index contributed by atoms with van der Waals surface area (Å²) in [5, 5.41) is 14.6. The van der Waals surface area contributed by atoms with Crippen molar-refractivity contribution in [1.29, 1.82) is 0 Å². The van der Waals surface area contributed by atoms with Gasteiger partial charge in [-0.1, -0.05) is 18.2 Å². The molecular formula is C16H19LiN4O4. The fourth-order valence-corrected chi connectivity index (χ4v) is 2.40. The Morgan fingerprint density at radius 2 is 2.04 bits per heavy atom. The molecule has 0 saturated carbocycles. The van der Waals surface area contributed by atoms with E-state index in [-0.39, 0.29) is 38.1 Å². The zero-order chi connectivity index (χ0) is 18.4. The Morgan fingerprint density at radius 3 is 2.68 bits per heavy atom. The fraction of sp³-hybridized carbons (Fsp3) is 0.312. The average molecular weight is 339 g/mol. The van der Waals surface area contributed by atoms with E-state index in [1.165, 1.54) is 0 Å². The van der Waals surface area contributed by atoms with Crippen LogP contribution in [0.15, 0.2) is 30.5 Å². The maximum Gasteiger partial charge on any atom is 1.00 e. The summed E-state index contributed by atoms with van der Waals surface area (Å²) in [6.45, 7) is 0. The summed E-state index contributed by atoms with van der Waals surface area (Å²) in [7, 11) is 0. The number of primary amides is 1. The molecule has 2 atom stereocenters. The summed E-state index contributed by atoms with van der Waals surface area (Å²) in [5.74, 6) is -2.71. The number of H-pyrrole nitrogens is 1. The molecular weight excluding hydrogens is 319 g/mol. The number of carboxylic acid groups (broad SMARTS) is 1. The number of fused-ring (bicyclic) bond motifs is 1. The van der Waals surface area contributed by atoms with Gasteiger partial charge < -0.3 is 31.7 Å². The van der Waals surface area contributed by atoms with Crippen LogP contribution in [0.2, 0.25) is 1.41 Å². The van der Waals surface area contributed by atoms with Gasteiger partial charge in [0.2, 0.25) is 11.8 Å². The van der Waals surface area contributed by atoms with Gasteiger partial charge in [-0.15, -0.1) is 0 Å². The van der Waals surface area contributed by atoms with Crippen LogP contribution in [0.5, 0.6) is 0 Å². The molecule has 0 spiro atoms. The molecule has 1 aromatic carbocycles. The summed E-state index contributed by atoms with van der Waals surface area (Å²) >= 11 is 0. The molecule has 0 radical (unpaired) electrons. The van der Waals surface area contributed by atoms with Crippen LogP contribution in [0, 0.1) is 0 Å². The third-order valence-corrected chi connectivity index (χ3v) is 3.72. The van der Waals surface area contributed by atoms with Crippen LogP contribution in [0.4, 0.5) is 0 Å². The van der Waals surface area contributed by atoms with Crippen LogP contribution >= 0.6 is 0 Å². The number of carbonyl (C=O) groups excluding carboxylic acids is 3. The molecule has 128 valence electrons. The summed E-state index contributed by atoms with van der Waals surface area (Å²) in [5.41, 5.74) is 8.63. The SMILES string of the molecule is [2H]N[C@H](CCC(=O)N[C@@H](Cc1c[nH]c2ccccc12)C(=O)[O-])C(N)=O.[Li+]. The number of aromatic amines is 1. The second-order valence-corrected chi connectivity index (χ2v) is 5.50. The van der Waals surface area contributed by atoms with Crippen molar-refractivity contribution >= 4 is 28.7 Å². The molecule has 9 heteroatoms. The standard InChI is InChI=1S/C16H20N4O4.Li/c17-11(15(18)22)5-6-14(21)20-13(16(23)24)7-9-8-19-12-4-2-1-3-10(9)12;/h1-4,8,11,13,19H,5-7,17H2,(H2,18,22)(H,20,21)(H,23,24);/q;+1/p-1/t11-,13+;/m1./s1/i/hD. The normalized spacial score (nSPS) is 13.4. The number of hydrogen-bond donors (Lipinski definition) is 4. The molecule has 0 fully saturated rings. The molecule has 0 aliphatic rings. The predicted molar refractivity (Wildman–Crippen MR) is 85.3 cm³/mol. The number of hydrogen-bond acceptors (Lipinski definition) is 5. The van der Waals surface area contributed by atoms with Crippen molar-refractivity contribution in [2.24, 2.45) is 11.5 Å². The number of nitrogens with one attached hydrogen (secondary N) is 2. The maximum absolute atomic E-state index is 11.9. The van der Waals surface area contributed by atoms with Gasteiger partial charge in [0.25, 0.3) is 0 Å². The molecule has 2 aromatic rings. The minimum atomic E-state index is -1.40. The number of nitrogens with two attached hydrogens (primary N) is 2. The van der Waals surface area contributed by atoms with Crippen molar-refractivity contribution in [2.45, 2.75) is 31.3 Å². The third kappa shape index (κ3) is 5.64. The van der Waals surface area contributed by atoms with Gasteiger partial charge in [-0.05, 0) is 18.1 Å². The van der Waals surface area contributed by atoms with Gasteiger partial charge in [-0.2, -0.15) is 0 Å². The molecule has 1 aromatic heterocycles. The topological polar surface area (TPSA) is 154 Å². The summed E-state index contributed by atoms with van der Waals surface area (Å²) in [6, 6.07) is 5.24. The number of para-hydroxylation sites is 1. The van der Waals surface area contributed by atoms with Crippen LogP contribution in [-0.4, -0.2) is 34.9 Å². The zero-order valence-electron chi connectivity index (χ0n) is 14.9. The van der Waals surface area contributed by atoms with Gasteiger partial charge in [0.15, 0.2) is 0 Å². The van der Waals surface area contributed by atoms with Crippen LogP contribution in [0.25, 0.3) is 10.9 Å². The Labute approximate surface area is 158 Å². The Bertz CT molecular complexity index is 782. The van der Waals surface area contributed by atoms with E-state index in [9.17, 15) is 19.5 Å². The van der Waals surface area contributed by atoms with Crippen LogP contribution in [-0.2, 0) is 20.8 Å². The zero-order valence-corrected chi connectivity index (χ0v) is 13.9. The number of carboxylic acids is 1. The van der Waals surface area contributed by atoms with E-state index in [2.05, 4.69) is 10.3 Å². The minimum Gasteiger partial charge on any atom is -0.548 e. The minimum absolute atomic E-state index is 0. The van der Waals surface area contributed by atoms with Crippen molar-refractivity contribution in [3.05, 3.63) is 36.0 Å². The van der Waals surface area contributed by atoms with E-state index in [1.807, 2.05) is 30.0 Å². The quantitative estimate of drug-likeness (QED) is 0.339. The molecule has 25 heavy (non-hydrogen) atoms. The largest absolute Gasteiger partial charge is 1.00 e. The van der Waals surface area contributed by atoms with Crippen molar-refractivity contribution in [1.82, 2.24) is 10.3 Å². The Morgan fingerprint density at radius 1 is 1.32 bits per heavy atom. The molecule has 8 nitrogen and oxygen atoms in total. The molecule has 1 heterocycles. The fourth-order valence-electron chi connectivity index (χ4n) is 2.40. The predicted octanol–water partition coefficient (Wildman–Crippen LogP) is -4.46. The van der Waals surface area contributed by atoms with Gasteiger partial charge in [-0.3, -0.25) is 9.59 Å². The first-order valence-electron chi connectivity index (χ1n) is 7.94. The monoisotopic (exact) mass is 339 g/mol. The number of aliphatic carboxylic acids is 1. The maximum atomic E-state index is 11.9. The Hall–Kier alpha value is -2.27. The summed E-state index contributed by atoms with van der Waals surface area (Å²) < 4.78 is 6.96. The van der Waals surface area contributed by atoms with E-state index in [0.717, 1.165) is 16.5 Å². The number of carbonyl (C=O) groups is 3. The third-order valence-electron chi connectivity index (χ3n) is 3.72. The number of benzene rings is 1. The first kappa shape index (κ1) is 19.1. The van der Waals surface area contributed by atoms with Gasteiger partial charge >= 0.3 is 18.9 Å². The average Bonchev–Trinajstić information content (AvgIpc) is 2.97. The number of amides is 2. The molecule has 0 saturated heterocycles. The molecule has 6 N–H and O–H groups in total. The first-order valence-corrected chi connectivity index (χ1v) is 7.44. The van der Waals surface area contributed by atoms with E-state index < -0.39 is 29.9 Å². The Balaban J connectivity index is 0.00000338. The second-order valence-electron chi connectivity index (χ2n) is 5.50. The van der Waals surface area contributed by atoms with Gasteiger partial charge in [0.05, 0.1) is 18.1 Å². The van der Waals surface area contributed by atoms with E-state index in [1.54, 1.807) is 6.20 Å². The molecule has 0 bridgehead atoms. The first-order chi connectivity index (χ1) is 11.9. The van der Waals surface area contributed by atoms with E-state index >= 15 is 0 Å². The van der Waals surface area contributed by atoms with Crippen molar-refractivity contribution in [3.8, 4) is 0 Å². The van der Waals surface area contributed by atoms with E-state index in [4.69, 9.17) is 7.15 Å². The van der Waals surface area contributed by atoms with E-state index in [0.29, 0.717) is 0 Å². The molecule has 2 amide bonds. The number of rotatable bonds is 9. The second kappa shape index (κ2) is 9.27. The van der Waals surface area contributed by atoms with Crippen molar-refractivity contribution in [3.63, 3.8) is 0 Å². The smallest absolute Gasteiger partial charge is 0.548 e. The van der Waals surface area contributed by atoms with Crippen molar-refractivity contribution in [2.75, 3.05) is 0 Å². The van der Waals surface area contributed by atoms with Gasteiger partial charge in [0.1, 0.15) is 1.41 Å². The van der Waals surface area contributed by atoms with Crippen LogP contribution in [0.1, 0.15) is 18.4 Å². The van der Waals surface area contributed by atoms with Crippen LogP contribution < -0.4 is 40.7 Å². The molecule has 0 aliphatic carbocycles. The summed E-state index contributed by atoms with van der Waals surface area (Å²) in [6.07, 6.45) is 1.61. The molecule has 0 aliphatic heterocycles. The molecule has 0 unspecified atom stereocenters. The summed E-state index contributed by atoms with van der Waals surface area (Å²) in [4.78, 5) is 37.3. The van der Waals surface area contributed by atoms with Gasteiger partial charge in [-0.25, -0.2) is 0 Å². The van der Waals surface area contributed by atoms with Gasteiger partial charge in [0, 0.05) is 29.9 Å². The van der Waals surface area contributed by atoms with Crippen molar-refractivity contribution < 1.29 is 39.8 Å². The van der Waals surface area contributed by atoms with Crippen LogP contribution in [0.3, 0.4) is 0 Å². The number of aromatic nitrogens is 1. The molecule has 2 rings (SSSR count).